The first-order valence-corrected chi connectivity index (χ1v) is 9.78. The second-order valence-corrected chi connectivity index (χ2v) is 8.42. The zero-order chi connectivity index (χ0) is 19.4. The number of hydrogen-bond donors (Lipinski definition) is 2. The molecule has 0 saturated carbocycles. The van der Waals surface area contributed by atoms with E-state index in [1.54, 1.807) is 6.20 Å². The quantitative estimate of drug-likeness (QED) is 0.513. The van der Waals surface area contributed by atoms with Crippen LogP contribution < -0.4 is 10.1 Å². The van der Waals surface area contributed by atoms with Gasteiger partial charge in [-0.1, -0.05) is 26.8 Å². The number of anilines is 1. The van der Waals surface area contributed by atoms with Crippen molar-refractivity contribution in [1.29, 1.82) is 0 Å². The number of carbonyl (C=O) groups is 1. The molecule has 0 spiro atoms. The lowest BCUT2D eigenvalue weighted by atomic mass is 9.87. The van der Waals surface area contributed by atoms with Crippen LogP contribution >= 0.6 is 15.9 Å². The third-order valence-electron chi connectivity index (χ3n) is 4.33. The Kier molecular flexibility index (Phi) is 5.85. The van der Waals surface area contributed by atoms with E-state index in [1.165, 1.54) is 5.56 Å². The molecular weight excluding hydrogens is 406 g/mol. The van der Waals surface area contributed by atoms with Gasteiger partial charge in [0, 0.05) is 17.5 Å². The Morgan fingerprint density at radius 1 is 1.22 bits per heavy atom. The largest absolute Gasteiger partial charge is 0.492 e. The van der Waals surface area contributed by atoms with Gasteiger partial charge < -0.3 is 10.1 Å². The number of nitrogens with zero attached hydrogens (tertiary/aromatic N) is 1. The minimum Gasteiger partial charge on any atom is -0.492 e. The molecule has 6 heteroatoms. The van der Waals surface area contributed by atoms with E-state index in [-0.39, 0.29) is 11.3 Å². The Labute approximate surface area is 167 Å². The summed E-state index contributed by atoms with van der Waals surface area (Å²) in [6.07, 6.45) is 2.80. The molecule has 0 aliphatic heterocycles. The molecule has 2 N–H and O–H groups in total. The van der Waals surface area contributed by atoms with Gasteiger partial charge in [-0.2, -0.15) is 5.10 Å². The van der Waals surface area contributed by atoms with Crippen LogP contribution in [0.4, 0.5) is 5.69 Å². The van der Waals surface area contributed by atoms with Crippen molar-refractivity contribution in [2.24, 2.45) is 0 Å². The molecule has 1 aromatic heterocycles. The van der Waals surface area contributed by atoms with Crippen molar-refractivity contribution >= 4 is 38.4 Å². The summed E-state index contributed by atoms with van der Waals surface area (Å²) in [4.78, 5) is 12.1. The highest BCUT2D eigenvalue weighted by Crippen LogP contribution is 2.31. The molecule has 1 heterocycles. The molecule has 0 bridgehead atoms. The number of aromatic nitrogens is 2. The zero-order valence-electron chi connectivity index (χ0n) is 15.8. The van der Waals surface area contributed by atoms with Crippen LogP contribution in [-0.4, -0.2) is 22.7 Å². The number of rotatable bonds is 6. The molecular formula is C21H24BrN3O2. The minimum absolute atomic E-state index is 0.0281. The monoisotopic (exact) mass is 429 g/mol. The van der Waals surface area contributed by atoms with Crippen LogP contribution in [-0.2, 0) is 10.2 Å². The lowest BCUT2D eigenvalue weighted by Gasteiger charge is -2.20. The Morgan fingerprint density at radius 2 is 2.04 bits per heavy atom. The van der Waals surface area contributed by atoms with E-state index in [0.29, 0.717) is 19.4 Å². The predicted molar refractivity (Wildman–Crippen MR) is 112 cm³/mol. The second kappa shape index (κ2) is 8.13. The van der Waals surface area contributed by atoms with Crippen molar-refractivity contribution in [3.05, 3.63) is 52.6 Å². The van der Waals surface area contributed by atoms with Crippen LogP contribution in [0.25, 0.3) is 10.9 Å². The number of benzene rings is 2. The van der Waals surface area contributed by atoms with E-state index in [0.717, 1.165) is 26.8 Å². The van der Waals surface area contributed by atoms with Gasteiger partial charge in [0.2, 0.25) is 5.91 Å². The SMILES string of the molecule is CC(C)(C)c1ccc(OCCCC(=O)Nc2ccc3cn[nH]c3c2)c(Br)c1. The molecule has 5 nitrogen and oxygen atoms in total. The maximum absolute atomic E-state index is 12.1. The van der Waals surface area contributed by atoms with Crippen molar-refractivity contribution in [2.45, 2.75) is 39.0 Å². The molecule has 0 fully saturated rings. The highest BCUT2D eigenvalue weighted by atomic mass is 79.9. The molecule has 3 rings (SSSR count). The summed E-state index contributed by atoms with van der Waals surface area (Å²) in [5.41, 5.74) is 3.01. The smallest absolute Gasteiger partial charge is 0.224 e. The molecule has 142 valence electrons. The van der Waals surface area contributed by atoms with Crippen molar-refractivity contribution < 1.29 is 9.53 Å². The summed E-state index contributed by atoms with van der Waals surface area (Å²) in [5.74, 6) is 0.771. The molecule has 0 radical (unpaired) electrons. The fraction of sp³-hybridized carbons (Fsp3) is 0.333. The first-order chi connectivity index (χ1) is 12.8. The zero-order valence-corrected chi connectivity index (χ0v) is 17.4. The third-order valence-corrected chi connectivity index (χ3v) is 4.95. The summed E-state index contributed by atoms with van der Waals surface area (Å²) in [6, 6.07) is 11.8. The predicted octanol–water partition coefficient (Wildman–Crippen LogP) is 5.42. The Bertz CT molecular complexity index is 944. The highest BCUT2D eigenvalue weighted by Gasteiger charge is 2.15. The number of nitrogens with one attached hydrogen (secondary N) is 2. The van der Waals surface area contributed by atoms with Gasteiger partial charge in [0.1, 0.15) is 5.75 Å². The topological polar surface area (TPSA) is 67.0 Å². The maximum Gasteiger partial charge on any atom is 0.224 e. The van der Waals surface area contributed by atoms with Gasteiger partial charge in [-0.15, -0.1) is 0 Å². The molecule has 0 aliphatic rings. The molecule has 2 aromatic carbocycles. The normalized spacial score (nSPS) is 11.6. The summed E-state index contributed by atoms with van der Waals surface area (Å²) in [7, 11) is 0. The molecule has 0 saturated heterocycles. The first kappa shape index (κ1) is 19.4. The van der Waals surface area contributed by atoms with Gasteiger partial charge in [-0.25, -0.2) is 0 Å². The number of aromatic amines is 1. The van der Waals surface area contributed by atoms with Gasteiger partial charge >= 0.3 is 0 Å². The van der Waals surface area contributed by atoms with Gasteiger partial charge in [0.15, 0.2) is 0 Å². The molecule has 0 aliphatic carbocycles. The van der Waals surface area contributed by atoms with Crippen LogP contribution in [0.15, 0.2) is 47.1 Å². The van der Waals surface area contributed by atoms with Gasteiger partial charge in [0.25, 0.3) is 0 Å². The van der Waals surface area contributed by atoms with E-state index < -0.39 is 0 Å². The van der Waals surface area contributed by atoms with Gasteiger partial charge in [-0.05, 0) is 63.7 Å². The second-order valence-electron chi connectivity index (χ2n) is 7.57. The molecule has 3 aromatic rings. The van der Waals surface area contributed by atoms with E-state index >= 15 is 0 Å². The van der Waals surface area contributed by atoms with Crippen molar-refractivity contribution in [3.63, 3.8) is 0 Å². The van der Waals surface area contributed by atoms with Crippen LogP contribution in [0.1, 0.15) is 39.2 Å². The Balaban J connectivity index is 1.46. The van der Waals surface area contributed by atoms with Gasteiger partial charge in [0.05, 0.1) is 22.8 Å². The van der Waals surface area contributed by atoms with E-state index in [9.17, 15) is 4.79 Å². The molecule has 27 heavy (non-hydrogen) atoms. The Morgan fingerprint density at radius 3 is 2.78 bits per heavy atom. The van der Waals surface area contributed by atoms with Crippen LogP contribution in [0.5, 0.6) is 5.75 Å². The van der Waals surface area contributed by atoms with Crippen molar-refractivity contribution in [2.75, 3.05) is 11.9 Å². The van der Waals surface area contributed by atoms with Crippen LogP contribution in [0.2, 0.25) is 0 Å². The number of H-pyrrole nitrogens is 1. The molecule has 0 unspecified atom stereocenters. The van der Waals surface area contributed by atoms with E-state index in [2.05, 4.69) is 64.3 Å². The standard InChI is InChI=1S/C21H24BrN3O2/c1-21(2,3)15-7-9-19(17(22)11-15)27-10-4-5-20(26)24-16-8-6-14-13-23-25-18(14)12-16/h6-9,11-13H,4-5,10H2,1-3H3,(H,23,25)(H,24,26). The number of ether oxygens (including phenoxy) is 1. The fourth-order valence-electron chi connectivity index (χ4n) is 2.74. The first-order valence-electron chi connectivity index (χ1n) is 8.99. The highest BCUT2D eigenvalue weighted by molar-refractivity contribution is 9.10. The van der Waals surface area contributed by atoms with E-state index in [4.69, 9.17) is 4.74 Å². The summed E-state index contributed by atoms with van der Waals surface area (Å²) in [5, 5.41) is 10.8. The number of halogens is 1. The maximum atomic E-state index is 12.1. The van der Waals surface area contributed by atoms with Crippen molar-refractivity contribution in [3.8, 4) is 5.75 Å². The summed E-state index contributed by atoms with van der Waals surface area (Å²) in [6.45, 7) is 7.02. The van der Waals surface area contributed by atoms with Crippen LogP contribution in [0, 0.1) is 0 Å². The van der Waals surface area contributed by atoms with Gasteiger partial charge in [-0.3, -0.25) is 9.89 Å². The molecule has 1 amide bonds. The number of fused-ring (bicyclic) bond motifs is 1. The number of carbonyl (C=O) groups excluding carboxylic acids is 1. The minimum atomic E-state index is -0.0281. The lowest BCUT2D eigenvalue weighted by Crippen LogP contribution is -2.13. The number of hydrogen-bond acceptors (Lipinski definition) is 3. The Hall–Kier alpha value is -2.34. The van der Waals surface area contributed by atoms with Crippen LogP contribution in [0.3, 0.4) is 0 Å². The van der Waals surface area contributed by atoms with E-state index in [1.807, 2.05) is 24.3 Å². The average Bonchev–Trinajstić information content (AvgIpc) is 3.06. The van der Waals surface area contributed by atoms with Crippen molar-refractivity contribution in [1.82, 2.24) is 10.2 Å². The lowest BCUT2D eigenvalue weighted by molar-refractivity contribution is -0.116. The fourth-order valence-corrected chi connectivity index (χ4v) is 3.23. The third kappa shape index (κ3) is 5.10. The average molecular weight is 430 g/mol. The molecule has 0 atom stereocenters. The summed E-state index contributed by atoms with van der Waals surface area (Å²) >= 11 is 3.57. The number of amides is 1. The summed E-state index contributed by atoms with van der Waals surface area (Å²) < 4.78 is 6.75.